The molecule has 0 heterocycles. The number of benzene rings is 3. The number of nitro groups is 2. The van der Waals surface area contributed by atoms with Gasteiger partial charge in [-0.1, -0.05) is 59.1 Å². The van der Waals surface area contributed by atoms with Crippen LogP contribution in [0.25, 0.3) is 0 Å². The Labute approximate surface area is 512 Å². The van der Waals surface area contributed by atoms with Crippen LogP contribution < -0.4 is 104 Å². The average molecular weight is 1160 g/mol. The molecule has 30 heteroatoms. The van der Waals surface area contributed by atoms with E-state index in [1.54, 1.807) is 18.2 Å². The summed E-state index contributed by atoms with van der Waals surface area (Å²) in [4.78, 5) is 56.9. The van der Waals surface area contributed by atoms with Crippen molar-refractivity contribution in [3.63, 3.8) is 0 Å². The fraction of sp³-hybridized carbons (Fsp3) is 0.543. The normalized spacial score (nSPS) is 11.4. The Morgan fingerprint density at radius 2 is 1.34 bits per heavy atom. The van der Waals surface area contributed by atoms with Crippen molar-refractivity contribution in [3.8, 4) is 5.75 Å². The zero-order valence-corrected chi connectivity index (χ0v) is 53.1. The average Bonchev–Trinajstić information content (AvgIpc) is 3.31. The fourth-order valence-corrected chi connectivity index (χ4v) is 7.80. The number of hydrogen-bond donors (Lipinski definition) is 4. The summed E-state index contributed by atoms with van der Waals surface area (Å²) in [5.41, 5.74) is 2.85. The third-order valence-electron chi connectivity index (χ3n) is 10.2. The maximum absolute atomic E-state index is 11.9. The fourth-order valence-electron chi connectivity index (χ4n) is 6.48. The Bertz CT molecular complexity index is 2650. The van der Waals surface area contributed by atoms with Crippen LogP contribution in [0.4, 0.5) is 17.1 Å². The van der Waals surface area contributed by atoms with Crippen molar-refractivity contribution >= 4 is 65.4 Å². The van der Waals surface area contributed by atoms with E-state index in [9.17, 15) is 64.4 Å². The largest absolute Gasteiger partial charge is 1.00 e. The van der Waals surface area contributed by atoms with Gasteiger partial charge in [-0.25, -0.2) is 8.42 Å². The first-order valence-electron chi connectivity index (χ1n) is 23.5. The molecule has 3 aromatic rings. The standard InChI is InChI=1S/C21H34N2O7S.C16H22N2O8S.C9H12N2O3S.3Na/c1-4-11-22-21(24)10-8-12-30-20-15-19(23(25)26)18(14-17(20)3)16(2)9-6-5-7-13-31(27,28)29;1-2-8-17-16(20)12-6-7-13(14(10-12)18(21)22)11-26-15(19)5-3-4-9-27(23,24)25;1-2-3-8-4-6-9(7-5-8)10-11-15(12,13)14;;;/h14-16H,4-13H2,1-3H3,(H,22,24)(H,27,28,29);6-7,10H,2-5,8-9,11H2,1H3,(H,17,20)(H,23,24,25);4-7H,2-3H2,1H3,(H,12,13,14);;;/q;;;3*+1/p-1. The number of hydrogen-bond acceptors (Lipinski definition) is 17. The summed E-state index contributed by atoms with van der Waals surface area (Å²) in [6, 6.07) is 14.1. The van der Waals surface area contributed by atoms with Crippen LogP contribution in [-0.4, -0.2) is 97.7 Å². The van der Waals surface area contributed by atoms with Gasteiger partial charge in [0.1, 0.15) is 12.4 Å². The zero-order valence-electron chi connectivity index (χ0n) is 44.6. The van der Waals surface area contributed by atoms with E-state index in [4.69, 9.17) is 18.6 Å². The Balaban J connectivity index is -0.00000108. The van der Waals surface area contributed by atoms with E-state index in [1.807, 2.05) is 39.8 Å². The van der Waals surface area contributed by atoms with Crippen molar-refractivity contribution < 1.29 is 161 Å². The number of nitro benzene ring substituents is 2. The summed E-state index contributed by atoms with van der Waals surface area (Å²) in [5, 5.41) is 31.6. The molecule has 76 heavy (non-hydrogen) atoms. The van der Waals surface area contributed by atoms with Gasteiger partial charge in [0.15, 0.2) is 0 Å². The maximum atomic E-state index is 11.9. The van der Waals surface area contributed by atoms with E-state index in [-0.39, 0.29) is 161 Å². The molecule has 3 rings (SSSR count). The van der Waals surface area contributed by atoms with Crippen LogP contribution in [0.5, 0.6) is 5.75 Å². The van der Waals surface area contributed by atoms with Crippen molar-refractivity contribution in [2.24, 2.45) is 9.63 Å². The van der Waals surface area contributed by atoms with Gasteiger partial charge in [-0.05, 0) is 110 Å². The SMILES string of the molecule is CCCNC(=O)CCCOc1cc([N+](=O)[O-])c(C(C)CCCCCS(=O)(=O)[O-])cc1C.CCCNC(=O)c1ccc(COC(=O)CCCCS(=O)(=O)O)c([N+](=O)[O-])c1.CCCc1ccc(N=NS(=O)(=O)O)cc1.[Na+].[Na+].[Na+]. The second kappa shape index (κ2) is 41.1. The molecule has 0 saturated heterocycles. The summed E-state index contributed by atoms with van der Waals surface area (Å²) >= 11 is 0. The van der Waals surface area contributed by atoms with Crippen LogP contribution in [0.15, 0.2) is 64.2 Å². The number of rotatable bonds is 30. The first kappa shape index (κ1) is 77.2. The van der Waals surface area contributed by atoms with Gasteiger partial charge >= 0.3 is 105 Å². The third-order valence-corrected chi connectivity index (χ3v) is 12.1. The second-order valence-electron chi connectivity index (χ2n) is 16.6. The van der Waals surface area contributed by atoms with Crippen molar-refractivity contribution in [2.45, 2.75) is 131 Å². The predicted octanol–water partition coefficient (Wildman–Crippen LogP) is -0.829. The number of carbonyl (C=O) groups excluding carboxylic acids is 3. The van der Waals surface area contributed by atoms with E-state index in [0.717, 1.165) is 42.9 Å². The number of nitrogens with zero attached hydrogens (tertiary/aromatic N) is 4. The first-order valence-corrected chi connectivity index (χ1v) is 28.1. The van der Waals surface area contributed by atoms with Crippen LogP contribution >= 0.6 is 0 Å². The molecule has 0 bridgehead atoms. The molecule has 0 radical (unpaired) electrons. The molecule has 0 aliphatic heterocycles. The second-order valence-corrected chi connectivity index (χ2v) is 20.7. The molecular weight excluding hydrogens is 1090 g/mol. The van der Waals surface area contributed by atoms with Crippen molar-refractivity contribution in [2.75, 3.05) is 31.2 Å². The molecule has 0 aliphatic rings. The number of esters is 1. The molecule has 1 atom stereocenters. The summed E-state index contributed by atoms with van der Waals surface area (Å²) in [5.74, 6) is -1.62. The molecular formula is C46H67N6Na3O18S3+2. The Kier molecular flexibility index (Phi) is 41.7. The van der Waals surface area contributed by atoms with Gasteiger partial charge in [-0.3, -0.25) is 43.7 Å². The molecule has 0 fully saturated rings. The van der Waals surface area contributed by atoms with Gasteiger partial charge in [-0.15, -0.1) is 5.11 Å². The molecule has 24 nitrogen and oxygen atoms in total. The molecule has 0 aliphatic carbocycles. The number of amides is 2. The Morgan fingerprint density at radius 3 is 1.89 bits per heavy atom. The van der Waals surface area contributed by atoms with Crippen LogP contribution in [0, 0.1) is 27.2 Å². The minimum absolute atomic E-state index is 0. The first-order chi connectivity index (χ1) is 34.2. The van der Waals surface area contributed by atoms with E-state index in [1.165, 1.54) is 18.2 Å². The maximum Gasteiger partial charge on any atom is 1.00 e. The minimum atomic E-state index is -4.38. The van der Waals surface area contributed by atoms with Crippen LogP contribution in [0.2, 0.25) is 0 Å². The van der Waals surface area contributed by atoms with Crippen LogP contribution in [-0.2, 0) is 57.9 Å². The van der Waals surface area contributed by atoms with Gasteiger partial charge in [-0.2, -0.15) is 16.8 Å². The molecule has 0 saturated carbocycles. The van der Waals surface area contributed by atoms with Crippen LogP contribution in [0.1, 0.15) is 143 Å². The molecule has 4 N–H and O–H groups in total. The zero-order chi connectivity index (χ0) is 55.2. The van der Waals surface area contributed by atoms with E-state index in [2.05, 4.69) is 27.2 Å². The Hall–Kier alpha value is -3.00. The van der Waals surface area contributed by atoms with E-state index < -0.39 is 58.0 Å². The quantitative estimate of drug-likeness (QED) is 0.0120. The Morgan fingerprint density at radius 1 is 0.737 bits per heavy atom. The molecule has 408 valence electrons. The van der Waals surface area contributed by atoms with E-state index >= 15 is 0 Å². The smallest absolute Gasteiger partial charge is 0.748 e. The van der Waals surface area contributed by atoms with Crippen molar-refractivity contribution in [1.82, 2.24) is 10.6 Å². The topological polar surface area (TPSA) is 371 Å². The molecule has 3 aromatic carbocycles. The number of nitrogens with one attached hydrogen (secondary N) is 2. The van der Waals surface area contributed by atoms with Gasteiger partial charge in [0.05, 0.1) is 49.6 Å². The van der Waals surface area contributed by atoms with Crippen molar-refractivity contribution in [1.29, 1.82) is 0 Å². The van der Waals surface area contributed by atoms with Crippen molar-refractivity contribution in [3.05, 3.63) is 103 Å². The van der Waals surface area contributed by atoms with Gasteiger partial charge in [0, 0.05) is 48.9 Å². The number of aryl methyl sites for hydroxylation is 2. The predicted molar refractivity (Wildman–Crippen MR) is 270 cm³/mol. The molecule has 1 unspecified atom stereocenters. The number of ether oxygens (including phenoxy) is 2. The third kappa shape index (κ3) is 36.2. The monoisotopic (exact) mass is 1160 g/mol. The summed E-state index contributed by atoms with van der Waals surface area (Å²) in [6.45, 7) is 10.7. The van der Waals surface area contributed by atoms with Gasteiger partial charge in [0.2, 0.25) is 5.91 Å². The van der Waals surface area contributed by atoms with Crippen LogP contribution in [0.3, 0.4) is 0 Å². The van der Waals surface area contributed by atoms with Gasteiger partial charge in [0.25, 0.3) is 27.4 Å². The summed E-state index contributed by atoms with van der Waals surface area (Å²) in [6.07, 6.45) is 6.86. The minimum Gasteiger partial charge on any atom is -0.748 e. The number of carbonyl (C=O) groups is 3. The number of unbranched alkanes of at least 4 members (excludes halogenated alkanes) is 3. The summed E-state index contributed by atoms with van der Waals surface area (Å²) < 4.78 is 104. The summed E-state index contributed by atoms with van der Waals surface area (Å²) in [7, 11) is -12.7. The van der Waals surface area contributed by atoms with E-state index in [0.29, 0.717) is 68.6 Å². The van der Waals surface area contributed by atoms with Gasteiger partial charge < -0.3 is 24.7 Å². The molecule has 2 amide bonds. The molecule has 0 aromatic heterocycles. The molecule has 0 spiro atoms.